The zero-order chi connectivity index (χ0) is 17.5. The van der Waals surface area contributed by atoms with E-state index in [1.54, 1.807) is 0 Å². The molecule has 1 saturated carbocycles. The van der Waals surface area contributed by atoms with Gasteiger partial charge >= 0.3 is 5.97 Å². The van der Waals surface area contributed by atoms with E-state index in [1.165, 1.54) is 44.1 Å². The van der Waals surface area contributed by atoms with E-state index < -0.39 is 0 Å². The van der Waals surface area contributed by atoms with Crippen LogP contribution in [-0.2, 0) is 11.2 Å². The van der Waals surface area contributed by atoms with E-state index in [2.05, 4.69) is 39.9 Å². The molecule has 0 radical (unpaired) electrons. The Morgan fingerprint density at radius 2 is 1.92 bits per heavy atom. The van der Waals surface area contributed by atoms with E-state index in [0.717, 1.165) is 6.42 Å². The monoisotopic (exact) mass is 340 g/mol. The van der Waals surface area contributed by atoms with Gasteiger partial charge in [0.1, 0.15) is 0 Å². The van der Waals surface area contributed by atoms with Gasteiger partial charge in [-0.25, -0.2) is 9.78 Å². The molecule has 134 valence electrons. The van der Waals surface area contributed by atoms with E-state index in [1.807, 2.05) is 19.4 Å². The number of imidazole rings is 1. The van der Waals surface area contributed by atoms with Crippen LogP contribution in [0.3, 0.4) is 0 Å². The maximum atomic E-state index is 12.0. The van der Waals surface area contributed by atoms with Crippen LogP contribution in [0, 0.1) is 5.92 Å². The highest BCUT2D eigenvalue weighted by atomic mass is 16.5. The number of rotatable bonds is 6. The number of hydrogen-bond donors (Lipinski definition) is 0. The fourth-order valence-corrected chi connectivity index (χ4v) is 3.90. The summed E-state index contributed by atoms with van der Waals surface area (Å²) < 4.78 is 7.24. The molecule has 25 heavy (non-hydrogen) atoms. The zero-order valence-electron chi connectivity index (χ0n) is 15.1. The summed E-state index contributed by atoms with van der Waals surface area (Å²) in [7, 11) is 0. The summed E-state index contributed by atoms with van der Waals surface area (Å²) >= 11 is 0. The van der Waals surface area contributed by atoms with Gasteiger partial charge < -0.3 is 9.30 Å². The van der Waals surface area contributed by atoms with Crippen molar-refractivity contribution in [3.8, 4) is 0 Å². The average Bonchev–Trinajstić information content (AvgIpc) is 2.97. The van der Waals surface area contributed by atoms with Crippen molar-refractivity contribution < 1.29 is 9.53 Å². The normalized spacial score (nSPS) is 17.0. The van der Waals surface area contributed by atoms with Gasteiger partial charge in [-0.1, -0.05) is 56.0 Å². The number of nitrogens with zero attached hydrogens (tertiary/aromatic N) is 2. The quantitative estimate of drug-likeness (QED) is 0.560. The van der Waals surface area contributed by atoms with Crippen LogP contribution in [0.15, 0.2) is 42.9 Å². The van der Waals surface area contributed by atoms with Gasteiger partial charge in [0.15, 0.2) is 5.69 Å². The smallest absolute Gasteiger partial charge is 0.358 e. The van der Waals surface area contributed by atoms with Gasteiger partial charge in [0.05, 0.1) is 12.9 Å². The van der Waals surface area contributed by atoms with Gasteiger partial charge in [0, 0.05) is 12.2 Å². The largest absolute Gasteiger partial charge is 0.461 e. The highest BCUT2D eigenvalue weighted by Crippen LogP contribution is 2.34. The van der Waals surface area contributed by atoms with Gasteiger partial charge in [-0.05, 0) is 37.7 Å². The summed E-state index contributed by atoms with van der Waals surface area (Å²) in [5.74, 6) is 0.299. The molecule has 1 unspecified atom stereocenters. The molecule has 4 heteroatoms. The first-order valence-electron chi connectivity index (χ1n) is 9.52. The summed E-state index contributed by atoms with van der Waals surface area (Å²) in [5.41, 5.74) is 1.75. The van der Waals surface area contributed by atoms with Crippen LogP contribution < -0.4 is 0 Å². The van der Waals surface area contributed by atoms with Gasteiger partial charge in [-0.15, -0.1) is 0 Å². The van der Waals surface area contributed by atoms with Gasteiger partial charge in [-0.3, -0.25) is 0 Å². The molecule has 0 spiro atoms. The highest BCUT2D eigenvalue weighted by molar-refractivity contribution is 5.86. The third-order valence-electron chi connectivity index (χ3n) is 5.20. The number of esters is 1. The van der Waals surface area contributed by atoms with Crippen molar-refractivity contribution in [3.63, 3.8) is 0 Å². The van der Waals surface area contributed by atoms with E-state index in [0.29, 0.717) is 24.3 Å². The average molecular weight is 340 g/mol. The molecule has 1 heterocycles. The number of carbonyl (C=O) groups is 1. The molecule has 1 fully saturated rings. The summed E-state index contributed by atoms with van der Waals surface area (Å²) in [4.78, 5) is 16.3. The zero-order valence-corrected chi connectivity index (χ0v) is 15.1. The Morgan fingerprint density at radius 3 is 2.60 bits per heavy atom. The molecule has 0 saturated heterocycles. The lowest BCUT2D eigenvalue weighted by molar-refractivity contribution is 0.0520. The Kier molecular flexibility index (Phi) is 6.26. The van der Waals surface area contributed by atoms with Crippen molar-refractivity contribution in [1.29, 1.82) is 0 Å². The Bertz CT molecular complexity index is 658. The first-order chi connectivity index (χ1) is 12.3. The Balaban J connectivity index is 1.83. The molecule has 0 amide bonds. The van der Waals surface area contributed by atoms with E-state index in [9.17, 15) is 4.79 Å². The lowest BCUT2D eigenvalue weighted by Crippen LogP contribution is -2.21. The van der Waals surface area contributed by atoms with Crippen LogP contribution in [0.5, 0.6) is 0 Å². The maximum absolute atomic E-state index is 12.0. The minimum Gasteiger partial charge on any atom is -0.461 e. The summed E-state index contributed by atoms with van der Waals surface area (Å²) in [6, 6.07) is 11.0. The van der Waals surface area contributed by atoms with Crippen molar-refractivity contribution in [2.24, 2.45) is 5.92 Å². The summed E-state index contributed by atoms with van der Waals surface area (Å²) in [6.07, 6.45) is 12.4. The fourth-order valence-electron chi connectivity index (χ4n) is 3.90. The van der Waals surface area contributed by atoms with Gasteiger partial charge in [-0.2, -0.15) is 0 Å². The molecule has 1 atom stereocenters. The Morgan fingerprint density at radius 1 is 1.20 bits per heavy atom. The van der Waals surface area contributed by atoms with E-state index in [-0.39, 0.29) is 5.97 Å². The SMILES string of the molecule is CCOC(=O)c1cn(C(Cc2ccccc2)C2CCCCCC2)cn1. The van der Waals surface area contributed by atoms with E-state index >= 15 is 0 Å². The molecular weight excluding hydrogens is 312 g/mol. The van der Waals surface area contributed by atoms with Crippen molar-refractivity contribution in [2.45, 2.75) is 57.9 Å². The second kappa shape index (κ2) is 8.84. The molecule has 1 aromatic heterocycles. The second-order valence-electron chi connectivity index (χ2n) is 6.94. The van der Waals surface area contributed by atoms with Crippen LogP contribution >= 0.6 is 0 Å². The molecule has 0 aliphatic heterocycles. The van der Waals surface area contributed by atoms with Crippen molar-refractivity contribution in [2.75, 3.05) is 6.61 Å². The molecular formula is C21H28N2O2. The summed E-state index contributed by atoms with van der Waals surface area (Å²) in [5, 5.41) is 0. The van der Waals surface area contributed by atoms with Crippen LogP contribution in [0.1, 0.15) is 67.5 Å². The topological polar surface area (TPSA) is 44.1 Å². The first kappa shape index (κ1) is 17.7. The third-order valence-corrected chi connectivity index (χ3v) is 5.20. The minimum absolute atomic E-state index is 0.333. The fraction of sp³-hybridized carbons (Fsp3) is 0.524. The Labute approximate surface area is 150 Å². The first-order valence-corrected chi connectivity index (χ1v) is 9.52. The van der Waals surface area contributed by atoms with Crippen molar-refractivity contribution in [3.05, 3.63) is 54.1 Å². The lowest BCUT2D eigenvalue weighted by atomic mass is 9.87. The van der Waals surface area contributed by atoms with Crippen LogP contribution in [-0.4, -0.2) is 22.1 Å². The molecule has 0 bridgehead atoms. The van der Waals surface area contributed by atoms with Gasteiger partial charge in [0.2, 0.25) is 0 Å². The number of carbonyl (C=O) groups excluding carboxylic acids is 1. The number of benzene rings is 1. The predicted molar refractivity (Wildman–Crippen MR) is 98.6 cm³/mol. The van der Waals surface area contributed by atoms with Crippen LogP contribution in [0.2, 0.25) is 0 Å². The van der Waals surface area contributed by atoms with Crippen LogP contribution in [0.25, 0.3) is 0 Å². The maximum Gasteiger partial charge on any atom is 0.358 e. The predicted octanol–water partition coefficient (Wildman–Crippen LogP) is 4.81. The molecule has 3 rings (SSSR count). The Hall–Kier alpha value is -2.10. The molecule has 1 aliphatic carbocycles. The molecule has 2 aromatic rings. The van der Waals surface area contributed by atoms with Gasteiger partial charge in [0.25, 0.3) is 0 Å². The number of aromatic nitrogens is 2. The van der Waals surface area contributed by atoms with Crippen molar-refractivity contribution >= 4 is 5.97 Å². The molecule has 0 N–H and O–H groups in total. The number of ether oxygens (including phenoxy) is 1. The van der Waals surface area contributed by atoms with Crippen molar-refractivity contribution in [1.82, 2.24) is 9.55 Å². The van der Waals surface area contributed by atoms with Crippen LogP contribution in [0.4, 0.5) is 0 Å². The highest BCUT2D eigenvalue weighted by Gasteiger charge is 2.25. The third kappa shape index (κ3) is 4.71. The molecule has 4 nitrogen and oxygen atoms in total. The molecule has 1 aromatic carbocycles. The minimum atomic E-state index is -0.333. The standard InChI is InChI=1S/C21H28N2O2/c1-2-25-21(24)19-15-23(16-22-19)20(14-17-10-6-5-7-11-17)18-12-8-3-4-9-13-18/h5-7,10-11,15-16,18,20H,2-4,8-9,12-14H2,1H3. The molecule has 1 aliphatic rings. The second-order valence-corrected chi connectivity index (χ2v) is 6.94. The summed E-state index contributed by atoms with van der Waals surface area (Å²) in [6.45, 7) is 2.19. The van der Waals surface area contributed by atoms with E-state index in [4.69, 9.17) is 4.74 Å². The lowest BCUT2D eigenvalue weighted by Gasteiger charge is -2.27. The number of hydrogen-bond acceptors (Lipinski definition) is 3.